The molecule has 0 spiro atoms. The average Bonchev–Trinajstić information content (AvgIpc) is 2.81. The van der Waals surface area contributed by atoms with Crippen LogP contribution < -0.4 is 20.1 Å². The molecular formula is C18H19ClN2O3. The van der Waals surface area contributed by atoms with Crippen LogP contribution in [0.3, 0.4) is 0 Å². The van der Waals surface area contributed by atoms with E-state index in [9.17, 15) is 4.79 Å². The van der Waals surface area contributed by atoms with Gasteiger partial charge in [0.25, 0.3) is 0 Å². The number of rotatable bonds is 4. The van der Waals surface area contributed by atoms with Crippen LogP contribution in [0.4, 0.5) is 11.4 Å². The van der Waals surface area contributed by atoms with E-state index in [4.69, 9.17) is 21.1 Å². The highest BCUT2D eigenvalue weighted by Gasteiger charge is 2.16. The summed E-state index contributed by atoms with van der Waals surface area (Å²) in [5.74, 6) is 1.25. The van der Waals surface area contributed by atoms with Crippen LogP contribution in [0.1, 0.15) is 13.3 Å². The summed E-state index contributed by atoms with van der Waals surface area (Å²) in [4.78, 5) is 12.3. The Morgan fingerprint density at radius 2 is 1.88 bits per heavy atom. The first-order valence-corrected chi connectivity index (χ1v) is 8.23. The molecule has 1 heterocycles. The molecule has 1 atom stereocenters. The number of fused-ring (bicyclic) bond motifs is 1. The Hall–Kier alpha value is -2.40. The molecule has 0 saturated heterocycles. The fraction of sp³-hybridized carbons (Fsp3) is 0.278. The van der Waals surface area contributed by atoms with Gasteiger partial charge in [0.15, 0.2) is 11.5 Å². The van der Waals surface area contributed by atoms with Gasteiger partial charge in [-0.25, -0.2) is 0 Å². The van der Waals surface area contributed by atoms with E-state index in [0.717, 1.165) is 17.9 Å². The van der Waals surface area contributed by atoms with Crippen molar-refractivity contribution in [1.29, 1.82) is 0 Å². The Labute approximate surface area is 145 Å². The second-order valence-corrected chi connectivity index (χ2v) is 5.95. The molecule has 1 amide bonds. The maximum atomic E-state index is 12.3. The van der Waals surface area contributed by atoms with Crippen LogP contribution >= 0.6 is 11.6 Å². The highest BCUT2D eigenvalue weighted by atomic mass is 35.5. The summed E-state index contributed by atoms with van der Waals surface area (Å²) in [6.07, 6.45) is 0.855. The number of halogens is 1. The van der Waals surface area contributed by atoms with E-state index in [0.29, 0.717) is 29.7 Å². The van der Waals surface area contributed by atoms with Gasteiger partial charge >= 0.3 is 0 Å². The first-order valence-electron chi connectivity index (χ1n) is 7.85. The van der Waals surface area contributed by atoms with Crippen molar-refractivity contribution in [2.45, 2.75) is 19.4 Å². The second kappa shape index (κ2) is 7.45. The topological polar surface area (TPSA) is 59.6 Å². The van der Waals surface area contributed by atoms with Crippen LogP contribution in [0.5, 0.6) is 11.5 Å². The van der Waals surface area contributed by atoms with E-state index in [2.05, 4.69) is 10.6 Å². The Bertz CT molecular complexity index is 736. The van der Waals surface area contributed by atoms with Crippen molar-refractivity contribution >= 4 is 28.9 Å². The molecule has 0 aliphatic carbocycles. The second-order valence-electron chi connectivity index (χ2n) is 5.55. The maximum Gasteiger partial charge on any atom is 0.246 e. The number of ether oxygens (including phenoxy) is 2. The summed E-state index contributed by atoms with van der Waals surface area (Å²) in [5.41, 5.74) is 1.39. The molecule has 24 heavy (non-hydrogen) atoms. The van der Waals surface area contributed by atoms with E-state index >= 15 is 0 Å². The van der Waals surface area contributed by atoms with Crippen molar-refractivity contribution < 1.29 is 14.3 Å². The third kappa shape index (κ3) is 3.92. The first kappa shape index (κ1) is 16.5. The molecule has 0 radical (unpaired) electrons. The SMILES string of the molecule is CC(Nc1ccc2c(c1)OCCCO2)C(=O)Nc1ccccc1Cl. The zero-order valence-corrected chi connectivity index (χ0v) is 14.1. The van der Waals surface area contributed by atoms with Gasteiger partial charge in [-0.15, -0.1) is 0 Å². The number of benzene rings is 2. The maximum absolute atomic E-state index is 12.3. The molecule has 2 aromatic carbocycles. The van der Waals surface area contributed by atoms with Crippen molar-refractivity contribution in [3.05, 3.63) is 47.5 Å². The molecule has 1 aliphatic rings. The van der Waals surface area contributed by atoms with Crippen LogP contribution in [0, 0.1) is 0 Å². The third-order valence-electron chi connectivity index (χ3n) is 3.66. The zero-order valence-electron chi connectivity index (χ0n) is 13.3. The van der Waals surface area contributed by atoms with Crippen molar-refractivity contribution in [2.24, 2.45) is 0 Å². The summed E-state index contributed by atoms with van der Waals surface area (Å²) >= 11 is 6.06. The number of nitrogens with one attached hydrogen (secondary N) is 2. The number of carbonyl (C=O) groups is 1. The van der Waals surface area contributed by atoms with Crippen LogP contribution in [0.15, 0.2) is 42.5 Å². The fourth-order valence-electron chi connectivity index (χ4n) is 2.37. The minimum absolute atomic E-state index is 0.171. The summed E-state index contributed by atoms with van der Waals surface area (Å²) in [6.45, 7) is 3.06. The highest BCUT2D eigenvalue weighted by Crippen LogP contribution is 2.32. The lowest BCUT2D eigenvalue weighted by atomic mass is 10.2. The van der Waals surface area contributed by atoms with Crippen molar-refractivity contribution in [3.63, 3.8) is 0 Å². The van der Waals surface area contributed by atoms with Gasteiger partial charge in [0.05, 0.1) is 23.9 Å². The summed E-state index contributed by atoms with van der Waals surface area (Å²) in [5, 5.41) is 6.48. The van der Waals surface area contributed by atoms with Gasteiger partial charge in [-0.2, -0.15) is 0 Å². The highest BCUT2D eigenvalue weighted by molar-refractivity contribution is 6.33. The number of para-hydroxylation sites is 1. The molecular weight excluding hydrogens is 328 g/mol. The normalized spacial score (nSPS) is 14.4. The number of hydrogen-bond donors (Lipinski definition) is 2. The summed E-state index contributed by atoms with van der Waals surface area (Å²) < 4.78 is 11.3. The van der Waals surface area contributed by atoms with Gasteiger partial charge in [0.2, 0.25) is 5.91 Å². The average molecular weight is 347 g/mol. The number of amides is 1. The van der Waals surface area contributed by atoms with Crippen LogP contribution in [0.2, 0.25) is 5.02 Å². The van der Waals surface area contributed by atoms with E-state index in [-0.39, 0.29) is 5.91 Å². The zero-order chi connectivity index (χ0) is 16.9. The summed E-state index contributed by atoms with van der Waals surface area (Å²) in [6, 6.07) is 12.3. The van der Waals surface area contributed by atoms with Gasteiger partial charge in [0.1, 0.15) is 6.04 Å². The number of carbonyl (C=O) groups excluding carboxylic acids is 1. The lowest BCUT2D eigenvalue weighted by molar-refractivity contribution is -0.116. The lowest BCUT2D eigenvalue weighted by Gasteiger charge is -2.17. The largest absolute Gasteiger partial charge is 0.490 e. The Balaban J connectivity index is 1.66. The monoisotopic (exact) mass is 346 g/mol. The van der Waals surface area contributed by atoms with Crippen molar-refractivity contribution in [1.82, 2.24) is 0 Å². The number of hydrogen-bond acceptors (Lipinski definition) is 4. The van der Waals surface area contributed by atoms with Gasteiger partial charge in [-0.1, -0.05) is 23.7 Å². The smallest absolute Gasteiger partial charge is 0.246 e. The molecule has 1 unspecified atom stereocenters. The molecule has 0 aromatic heterocycles. The molecule has 5 nitrogen and oxygen atoms in total. The van der Waals surface area contributed by atoms with Crippen molar-refractivity contribution in [3.8, 4) is 11.5 Å². The molecule has 0 fully saturated rings. The minimum atomic E-state index is -0.439. The van der Waals surface area contributed by atoms with E-state index in [1.807, 2.05) is 30.3 Å². The molecule has 1 aliphatic heterocycles. The van der Waals surface area contributed by atoms with Crippen LogP contribution in [0.25, 0.3) is 0 Å². The quantitative estimate of drug-likeness (QED) is 0.880. The van der Waals surface area contributed by atoms with E-state index in [1.54, 1.807) is 19.1 Å². The van der Waals surface area contributed by atoms with Gasteiger partial charge in [0, 0.05) is 18.2 Å². The molecule has 126 valence electrons. The van der Waals surface area contributed by atoms with Crippen molar-refractivity contribution in [2.75, 3.05) is 23.8 Å². The molecule has 6 heteroatoms. The van der Waals surface area contributed by atoms with Crippen LogP contribution in [-0.4, -0.2) is 25.2 Å². The van der Waals surface area contributed by atoms with E-state index in [1.165, 1.54) is 0 Å². The molecule has 2 aromatic rings. The predicted octanol–water partition coefficient (Wildman–Crippen LogP) is 3.94. The van der Waals surface area contributed by atoms with Gasteiger partial charge < -0.3 is 20.1 Å². The molecule has 0 bridgehead atoms. The predicted molar refractivity (Wildman–Crippen MR) is 95.2 cm³/mol. The molecule has 3 rings (SSSR count). The molecule has 0 saturated carbocycles. The summed E-state index contributed by atoms with van der Waals surface area (Å²) in [7, 11) is 0. The Kier molecular flexibility index (Phi) is 5.11. The first-order chi connectivity index (χ1) is 11.6. The van der Waals surface area contributed by atoms with E-state index < -0.39 is 6.04 Å². The van der Waals surface area contributed by atoms with Gasteiger partial charge in [-0.05, 0) is 31.2 Å². The standard InChI is InChI=1S/C18H19ClN2O3/c1-12(18(22)21-15-6-3-2-5-14(15)19)20-13-7-8-16-17(11-13)24-10-4-9-23-16/h2-3,5-8,11-12,20H,4,9-10H2,1H3,(H,21,22). The number of anilines is 2. The third-order valence-corrected chi connectivity index (χ3v) is 3.99. The minimum Gasteiger partial charge on any atom is -0.490 e. The Morgan fingerprint density at radius 3 is 2.67 bits per heavy atom. The van der Waals surface area contributed by atoms with Gasteiger partial charge in [-0.3, -0.25) is 4.79 Å². The molecule has 2 N–H and O–H groups in total. The Morgan fingerprint density at radius 1 is 1.12 bits per heavy atom. The van der Waals surface area contributed by atoms with Crippen LogP contribution in [-0.2, 0) is 4.79 Å². The fourth-order valence-corrected chi connectivity index (χ4v) is 2.56. The lowest BCUT2D eigenvalue weighted by Crippen LogP contribution is -2.31.